The lowest BCUT2D eigenvalue weighted by Crippen LogP contribution is -2.47. The van der Waals surface area contributed by atoms with Gasteiger partial charge in [0.2, 0.25) is 5.91 Å². The van der Waals surface area contributed by atoms with Gasteiger partial charge >= 0.3 is 0 Å². The summed E-state index contributed by atoms with van der Waals surface area (Å²) in [5.74, 6) is -0.662. The fourth-order valence-electron chi connectivity index (χ4n) is 1.73. The molecule has 1 heterocycles. The monoisotopic (exact) mass is 312 g/mol. The van der Waals surface area contributed by atoms with Crippen LogP contribution in [0.2, 0.25) is 5.02 Å². The molecule has 21 heavy (non-hydrogen) atoms. The average Bonchev–Trinajstić information content (AvgIpc) is 2.42. The van der Waals surface area contributed by atoms with E-state index < -0.39 is 17.9 Å². The molecule has 7 heteroatoms. The number of anilines is 1. The number of carbonyl (C=O) groups is 2. The van der Waals surface area contributed by atoms with Gasteiger partial charge in [-0.25, -0.2) is 4.98 Å². The van der Waals surface area contributed by atoms with Crippen LogP contribution in [0, 0.1) is 5.92 Å². The van der Waals surface area contributed by atoms with E-state index in [0.717, 1.165) is 13.0 Å². The Balaban J connectivity index is 2.92. The summed E-state index contributed by atoms with van der Waals surface area (Å²) in [4.78, 5) is 27.7. The molecule has 0 saturated carbocycles. The molecule has 6 nitrogen and oxygen atoms in total. The first-order valence-corrected chi connectivity index (χ1v) is 7.25. The SMILES string of the molecule is CCCNc1ccc(Cl)c(C(=O)NC(C(N)=O)C(C)C)n1. The smallest absolute Gasteiger partial charge is 0.272 e. The van der Waals surface area contributed by atoms with Gasteiger partial charge in [-0.05, 0) is 24.5 Å². The van der Waals surface area contributed by atoms with Crippen LogP contribution in [0.4, 0.5) is 5.82 Å². The highest BCUT2D eigenvalue weighted by molar-refractivity contribution is 6.33. The lowest BCUT2D eigenvalue weighted by Gasteiger charge is -2.19. The number of amides is 2. The van der Waals surface area contributed by atoms with Gasteiger partial charge in [-0.1, -0.05) is 32.4 Å². The number of nitrogens with zero attached hydrogens (tertiary/aromatic N) is 1. The second kappa shape index (κ2) is 7.83. The number of aromatic nitrogens is 1. The maximum Gasteiger partial charge on any atom is 0.272 e. The van der Waals surface area contributed by atoms with Gasteiger partial charge in [-0.2, -0.15) is 0 Å². The van der Waals surface area contributed by atoms with Gasteiger partial charge in [0.1, 0.15) is 17.6 Å². The molecule has 1 aromatic heterocycles. The molecule has 4 N–H and O–H groups in total. The van der Waals surface area contributed by atoms with Gasteiger partial charge in [-0.15, -0.1) is 0 Å². The zero-order chi connectivity index (χ0) is 16.0. The van der Waals surface area contributed by atoms with Crippen molar-refractivity contribution in [3.8, 4) is 0 Å². The van der Waals surface area contributed by atoms with E-state index in [4.69, 9.17) is 17.3 Å². The van der Waals surface area contributed by atoms with Crippen molar-refractivity contribution in [2.24, 2.45) is 11.7 Å². The molecular formula is C14H21ClN4O2. The predicted octanol–water partition coefficient (Wildman–Crippen LogP) is 1.80. The van der Waals surface area contributed by atoms with Gasteiger partial charge in [0.15, 0.2) is 0 Å². The summed E-state index contributed by atoms with van der Waals surface area (Å²) in [6, 6.07) is 2.53. The van der Waals surface area contributed by atoms with Crippen molar-refractivity contribution in [3.05, 3.63) is 22.8 Å². The molecule has 0 aliphatic carbocycles. The van der Waals surface area contributed by atoms with Crippen LogP contribution in [0.5, 0.6) is 0 Å². The Morgan fingerprint density at radius 1 is 1.38 bits per heavy atom. The summed E-state index contributed by atoms with van der Waals surface area (Å²) in [6.07, 6.45) is 0.933. The molecule has 0 radical (unpaired) electrons. The maximum atomic E-state index is 12.2. The molecule has 0 aliphatic heterocycles. The predicted molar refractivity (Wildman–Crippen MR) is 83.3 cm³/mol. The van der Waals surface area contributed by atoms with E-state index in [-0.39, 0.29) is 16.6 Å². The van der Waals surface area contributed by atoms with Crippen LogP contribution < -0.4 is 16.4 Å². The van der Waals surface area contributed by atoms with Crippen molar-refractivity contribution in [1.82, 2.24) is 10.3 Å². The van der Waals surface area contributed by atoms with Crippen LogP contribution >= 0.6 is 11.6 Å². The molecule has 1 rings (SSSR count). The normalized spacial score (nSPS) is 12.0. The first kappa shape index (κ1) is 17.2. The van der Waals surface area contributed by atoms with E-state index in [2.05, 4.69) is 15.6 Å². The molecule has 0 saturated heterocycles. The van der Waals surface area contributed by atoms with Crippen molar-refractivity contribution < 1.29 is 9.59 Å². The second-order valence-electron chi connectivity index (χ2n) is 5.05. The molecule has 2 amide bonds. The van der Waals surface area contributed by atoms with Gasteiger partial charge in [0.25, 0.3) is 5.91 Å². The third kappa shape index (κ3) is 4.90. The van der Waals surface area contributed by atoms with Crippen LogP contribution in [0.3, 0.4) is 0 Å². The number of hydrogen-bond acceptors (Lipinski definition) is 4. The number of hydrogen-bond donors (Lipinski definition) is 3. The molecule has 0 bridgehead atoms. The number of nitrogens with two attached hydrogens (primary N) is 1. The lowest BCUT2D eigenvalue weighted by atomic mass is 10.0. The summed E-state index contributed by atoms with van der Waals surface area (Å²) in [5, 5.41) is 5.87. The lowest BCUT2D eigenvalue weighted by molar-refractivity contribution is -0.120. The van der Waals surface area contributed by atoms with Crippen molar-refractivity contribution in [2.45, 2.75) is 33.2 Å². The summed E-state index contributed by atoms with van der Waals surface area (Å²) >= 11 is 6.00. The van der Waals surface area contributed by atoms with Crippen LogP contribution in [0.25, 0.3) is 0 Å². The van der Waals surface area contributed by atoms with Crippen molar-refractivity contribution in [3.63, 3.8) is 0 Å². The summed E-state index contributed by atoms with van der Waals surface area (Å²) in [6.45, 7) is 6.36. The van der Waals surface area contributed by atoms with Gasteiger partial charge < -0.3 is 16.4 Å². The summed E-state index contributed by atoms with van der Waals surface area (Å²) < 4.78 is 0. The van der Waals surface area contributed by atoms with Crippen molar-refractivity contribution in [1.29, 1.82) is 0 Å². The molecule has 0 spiro atoms. The van der Waals surface area contributed by atoms with E-state index >= 15 is 0 Å². The second-order valence-corrected chi connectivity index (χ2v) is 5.46. The Hall–Kier alpha value is -1.82. The standard InChI is InChI=1S/C14H21ClN4O2/c1-4-7-17-10-6-5-9(15)12(18-10)14(21)19-11(8(2)3)13(16)20/h5-6,8,11H,4,7H2,1-3H3,(H2,16,20)(H,17,18)(H,19,21). The number of halogens is 1. The highest BCUT2D eigenvalue weighted by atomic mass is 35.5. The van der Waals surface area contributed by atoms with Crippen LogP contribution in [0.1, 0.15) is 37.7 Å². The Labute approximate surface area is 129 Å². The number of carbonyl (C=O) groups excluding carboxylic acids is 2. The molecule has 116 valence electrons. The summed E-state index contributed by atoms with van der Waals surface area (Å²) in [7, 11) is 0. The van der Waals surface area contributed by atoms with E-state index in [1.807, 2.05) is 6.92 Å². The van der Waals surface area contributed by atoms with Crippen molar-refractivity contribution >= 4 is 29.2 Å². The highest BCUT2D eigenvalue weighted by Gasteiger charge is 2.24. The maximum absolute atomic E-state index is 12.2. The number of pyridine rings is 1. The molecule has 0 fully saturated rings. The molecule has 1 aromatic rings. The average molecular weight is 313 g/mol. The fourth-order valence-corrected chi connectivity index (χ4v) is 1.92. The first-order valence-electron chi connectivity index (χ1n) is 6.87. The zero-order valence-corrected chi connectivity index (χ0v) is 13.2. The Bertz CT molecular complexity index is 520. The Morgan fingerprint density at radius 2 is 2.05 bits per heavy atom. The molecule has 1 unspecified atom stereocenters. The first-order chi connectivity index (χ1) is 9.86. The van der Waals surface area contributed by atoms with Crippen molar-refractivity contribution in [2.75, 3.05) is 11.9 Å². The summed E-state index contributed by atoms with van der Waals surface area (Å²) in [5.41, 5.74) is 5.35. The molecule has 1 atom stereocenters. The minimum atomic E-state index is -0.761. The third-order valence-corrected chi connectivity index (χ3v) is 3.18. The number of rotatable bonds is 7. The number of nitrogens with one attached hydrogen (secondary N) is 2. The quantitative estimate of drug-likeness (QED) is 0.715. The van der Waals surface area contributed by atoms with Crippen LogP contribution in [-0.2, 0) is 4.79 Å². The highest BCUT2D eigenvalue weighted by Crippen LogP contribution is 2.17. The van der Waals surface area contributed by atoms with E-state index in [9.17, 15) is 9.59 Å². The topological polar surface area (TPSA) is 97.1 Å². The van der Waals surface area contributed by atoms with E-state index in [1.54, 1.807) is 26.0 Å². The van der Waals surface area contributed by atoms with E-state index in [1.165, 1.54) is 0 Å². The zero-order valence-electron chi connectivity index (χ0n) is 12.4. The largest absolute Gasteiger partial charge is 0.370 e. The van der Waals surface area contributed by atoms with Crippen LogP contribution in [0.15, 0.2) is 12.1 Å². The molecule has 0 aliphatic rings. The Kier molecular flexibility index (Phi) is 6.42. The van der Waals surface area contributed by atoms with Gasteiger partial charge in [0, 0.05) is 6.54 Å². The number of primary amides is 1. The van der Waals surface area contributed by atoms with Crippen LogP contribution in [-0.4, -0.2) is 29.4 Å². The fraction of sp³-hybridized carbons (Fsp3) is 0.500. The van der Waals surface area contributed by atoms with Gasteiger partial charge in [0.05, 0.1) is 5.02 Å². The minimum absolute atomic E-state index is 0.0738. The van der Waals surface area contributed by atoms with Gasteiger partial charge in [-0.3, -0.25) is 9.59 Å². The minimum Gasteiger partial charge on any atom is -0.370 e. The molecule has 0 aromatic carbocycles. The Morgan fingerprint density at radius 3 is 2.57 bits per heavy atom. The van der Waals surface area contributed by atoms with E-state index in [0.29, 0.717) is 5.82 Å². The third-order valence-electron chi connectivity index (χ3n) is 2.88. The molecular weight excluding hydrogens is 292 g/mol.